The zero-order valence-electron chi connectivity index (χ0n) is 11.5. The molecule has 0 fully saturated rings. The maximum Gasteiger partial charge on any atom is 0.224 e. The molecule has 1 amide bonds. The Morgan fingerprint density at radius 3 is 2.48 bits per heavy atom. The normalized spacial score (nSPS) is 10.1. The van der Waals surface area contributed by atoms with Crippen LogP contribution in [0.1, 0.15) is 28.8 Å². The van der Waals surface area contributed by atoms with E-state index in [1.807, 2.05) is 30.3 Å². The summed E-state index contributed by atoms with van der Waals surface area (Å²) in [5.74, 6) is -1.38. The van der Waals surface area contributed by atoms with Gasteiger partial charge in [-0.15, -0.1) is 0 Å². The van der Waals surface area contributed by atoms with Crippen LogP contribution in [0.3, 0.4) is 0 Å². The van der Waals surface area contributed by atoms with E-state index >= 15 is 0 Å². The molecule has 0 aliphatic heterocycles. The Kier molecular flexibility index (Phi) is 5.10. The Bertz CT molecular complexity index is 623. The van der Waals surface area contributed by atoms with Crippen LogP contribution in [0.2, 0.25) is 0 Å². The smallest absolute Gasteiger partial charge is 0.224 e. The third-order valence-electron chi connectivity index (χ3n) is 3.09. The maximum atomic E-state index is 11.8. The number of carbonyl (C=O) groups is 2. The second-order valence-corrected chi connectivity index (χ2v) is 4.76. The van der Waals surface area contributed by atoms with Crippen LogP contribution in [0.15, 0.2) is 54.6 Å². The van der Waals surface area contributed by atoms with E-state index in [1.165, 1.54) is 17.7 Å². The fraction of sp³-hybridized carbons (Fsp3) is 0.176. The van der Waals surface area contributed by atoms with Gasteiger partial charge in [0.25, 0.3) is 0 Å². The third-order valence-corrected chi connectivity index (χ3v) is 3.09. The molecule has 0 bridgehead atoms. The number of benzene rings is 2. The molecule has 0 unspecified atom stereocenters. The minimum atomic E-state index is -1.25. The number of carbonyl (C=O) groups excluding carboxylic acids is 2. The lowest BCUT2D eigenvalue weighted by molar-refractivity contribution is -0.255. The summed E-state index contributed by atoms with van der Waals surface area (Å²) in [6.45, 7) is 0. The molecule has 0 spiro atoms. The minimum Gasteiger partial charge on any atom is -0.545 e. The van der Waals surface area contributed by atoms with Gasteiger partial charge in [-0.3, -0.25) is 4.79 Å². The second-order valence-electron chi connectivity index (χ2n) is 4.76. The van der Waals surface area contributed by atoms with Crippen LogP contribution < -0.4 is 10.4 Å². The molecule has 0 aliphatic rings. The number of hydrogen-bond donors (Lipinski definition) is 1. The number of aryl methyl sites for hydroxylation is 1. The van der Waals surface area contributed by atoms with Gasteiger partial charge in [-0.25, -0.2) is 0 Å². The molecule has 0 saturated heterocycles. The zero-order chi connectivity index (χ0) is 15.1. The lowest BCUT2D eigenvalue weighted by Gasteiger charge is -2.08. The van der Waals surface area contributed by atoms with Gasteiger partial charge in [-0.1, -0.05) is 42.5 Å². The van der Waals surface area contributed by atoms with E-state index in [-0.39, 0.29) is 11.5 Å². The number of aromatic carboxylic acids is 1. The van der Waals surface area contributed by atoms with Gasteiger partial charge in [0.2, 0.25) is 5.91 Å². The van der Waals surface area contributed by atoms with E-state index in [0.29, 0.717) is 12.1 Å². The summed E-state index contributed by atoms with van der Waals surface area (Å²) in [5, 5.41) is 13.4. The van der Waals surface area contributed by atoms with E-state index in [4.69, 9.17) is 0 Å². The van der Waals surface area contributed by atoms with Gasteiger partial charge in [0, 0.05) is 12.1 Å². The van der Waals surface area contributed by atoms with Crippen LogP contribution in [-0.2, 0) is 11.2 Å². The van der Waals surface area contributed by atoms with Gasteiger partial charge in [0.05, 0.1) is 5.97 Å². The van der Waals surface area contributed by atoms with Crippen molar-refractivity contribution in [2.24, 2.45) is 0 Å². The van der Waals surface area contributed by atoms with E-state index in [2.05, 4.69) is 5.32 Å². The quantitative estimate of drug-likeness (QED) is 0.881. The van der Waals surface area contributed by atoms with Crippen molar-refractivity contribution in [1.29, 1.82) is 0 Å². The zero-order valence-corrected chi connectivity index (χ0v) is 11.5. The average molecular weight is 282 g/mol. The van der Waals surface area contributed by atoms with Crippen LogP contribution in [0.4, 0.5) is 5.69 Å². The monoisotopic (exact) mass is 282 g/mol. The number of carboxylic acid groups (broad SMARTS) is 1. The molecule has 1 N–H and O–H groups in total. The van der Waals surface area contributed by atoms with Crippen molar-refractivity contribution in [3.05, 3.63) is 65.7 Å². The fourth-order valence-corrected chi connectivity index (χ4v) is 2.05. The van der Waals surface area contributed by atoms with E-state index < -0.39 is 5.97 Å². The molecular formula is C17H16NO3-. The van der Waals surface area contributed by atoms with Crippen molar-refractivity contribution in [3.8, 4) is 0 Å². The van der Waals surface area contributed by atoms with Crippen molar-refractivity contribution < 1.29 is 14.7 Å². The molecule has 0 radical (unpaired) electrons. The maximum absolute atomic E-state index is 11.8. The summed E-state index contributed by atoms with van der Waals surface area (Å²) >= 11 is 0. The first kappa shape index (κ1) is 14.8. The number of carboxylic acids is 1. The van der Waals surface area contributed by atoms with Crippen molar-refractivity contribution in [3.63, 3.8) is 0 Å². The minimum absolute atomic E-state index is 0.0529. The van der Waals surface area contributed by atoms with Crippen molar-refractivity contribution in [1.82, 2.24) is 0 Å². The summed E-state index contributed by atoms with van der Waals surface area (Å²) in [4.78, 5) is 22.6. The van der Waals surface area contributed by atoms with E-state index in [0.717, 1.165) is 12.8 Å². The molecule has 0 saturated carbocycles. The van der Waals surface area contributed by atoms with Gasteiger partial charge in [0.1, 0.15) is 0 Å². The van der Waals surface area contributed by atoms with Crippen LogP contribution >= 0.6 is 0 Å². The lowest BCUT2D eigenvalue weighted by Crippen LogP contribution is -2.22. The standard InChI is InChI=1S/C17H17NO3/c19-16(11-4-8-13-6-2-1-3-7-13)18-15-10-5-9-14(12-15)17(20)21/h1-3,5-7,9-10,12H,4,8,11H2,(H,18,19)(H,20,21)/p-1. The van der Waals surface area contributed by atoms with Crippen LogP contribution in [0.5, 0.6) is 0 Å². The molecule has 4 nitrogen and oxygen atoms in total. The van der Waals surface area contributed by atoms with Crippen LogP contribution in [0, 0.1) is 0 Å². The van der Waals surface area contributed by atoms with Gasteiger partial charge in [-0.05, 0) is 36.1 Å². The molecule has 21 heavy (non-hydrogen) atoms. The van der Waals surface area contributed by atoms with Crippen LogP contribution in [0.25, 0.3) is 0 Å². The molecule has 4 heteroatoms. The Morgan fingerprint density at radius 2 is 1.76 bits per heavy atom. The Morgan fingerprint density at radius 1 is 1.00 bits per heavy atom. The van der Waals surface area contributed by atoms with Crippen LogP contribution in [-0.4, -0.2) is 11.9 Å². The molecule has 2 aromatic rings. The van der Waals surface area contributed by atoms with Gasteiger partial charge in [0.15, 0.2) is 0 Å². The fourth-order valence-electron chi connectivity index (χ4n) is 2.05. The van der Waals surface area contributed by atoms with Gasteiger partial charge >= 0.3 is 0 Å². The topological polar surface area (TPSA) is 69.2 Å². The van der Waals surface area contributed by atoms with Gasteiger partial charge in [-0.2, -0.15) is 0 Å². The first-order chi connectivity index (χ1) is 10.1. The number of amides is 1. The highest BCUT2D eigenvalue weighted by molar-refractivity contribution is 5.93. The molecule has 0 aromatic heterocycles. The summed E-state index contributed by atoms with van der Waals surface area (Å²) in [7, 11) is 0. The predicted octanol–water partition coefficient (Wildman–Crippen LogP) is 2.01. The lowest BCUT2D eigenvalue weighted by atomic mass is 10.1. The first-order valence-corrected chi connectivity index (χ1v) is 6.80. The molecule has 0 atom stereocenters. The highest BCUT2D eigenvalue weighted by atomic mass is 16.4. The summed E-state index contributed by atoms with van der Waals surface area (Å²) in [6, 6.07) is 16.0. The number of hydrogen-bond acceptors (Lipinski definition) is 3. The Labute approximate surface area is 123 Å². The molecule has 108 valence electrons. The van der Waals surface area contributed by atoms with Gasteiger partial charge < -0.3 is 15.2 Å². The largest absolute Gasteiger partial charge is 0.545 e. The van der Waals surface area contributed by atoms with Crippen molar-refractivity contribution in [2.45, 2.75) is 19.3 Å². The third kappa shape index (κ3) is 4.76. The molecule has 2 aromatic carbocycles. The molecule has 0 aliphatic carbocycles. The van der Waals surface area contributed by atoms with Crippen molar-refractivity contribution >= 4 is 17.6 Å². The molecule has 2 rings (SSSR count). The number of nitrogens with one attached hydrogen (secondary N) is 1. The summed E-state index contributed by atoms with van der Waals surface area (Å²) in [6.07, 6.45) is 1.98. The Hall–Kier alpha value is -2.62. The summed E-state index contributed by atoms with van der Waals surface area (Å²) < 4.78 is 0. The number of rotatable bonds is 6. The summed E-state index contributed by atoms with van der Waals surface area (Å²) in [5.41, 5.74) is 1.72. The highest BCUT2D eigenvalue weighted by Crippen LogP contribution is 2.11. The Balaban J connectivity index is 1.82. The van der Waals surface area contributed by atoms with E-state index in [9.17, 15) is 14.7 Å². The second kappa shape index (κ2) is 7.24. The number of anilines is 1. The van der Waals surface area contributed by atoms with Crippen molar-refractivity contribution in [2.75, 3.05) is 5.32 Å². The SMILES string of the molecule is O=C(CCCc1ccccc1)Nc1cccc(C(=O)[O-])c1. The first-order valence-electron chi connectivity index (χ1n) is 6.80. The molecule has 0 heterocycles. The average Bonchev–Trinajstić information content (AvgIpc) is 2.48. The highest BCUT2D eigenvalue weighted by Gasteiger charge is 2.03. The predicted molar refractivity (Wildman–Crippen MR) is 78.8 cm³/mol. The van der Waals surface area contributed by atoms with E-state index in [1.54, 1.807) is 12.1 Å². The molecular weight excluding hydrogens is 266 g/mol.